The van der Waals surface area contributed by atoms with Crippen LogP contribution in [0.5, 0.6) is 0 Å². The lowest BCUT2D eigenvalue weighted by molar-refractivity contribution is 0.0694. The molecule has 2 aromatic carbocycles. The molecule has 0 aliphatic carbocycles. The van der Waals surface area contributed by atoms with E-state index in [1.54, 1.807) is 18.2 Å². The van der Waals surface area contributed by atoms with Crippen LogP contribution in [0.25, 0.3) is 0 Å². The molecule has 0 bridgehead atoms. The topological polar surface area (TPSA) is 54.3 Å². The fraction of sp³-hybridized carbons (Fsp3) is 0.227. The molecule has 0 fully saturated rings. The van der Waals surface area contributed by atoms with Gasteiger partial charge in [0.15, 0.2) is 0 Å². The van der Waals surface area contributed by atoms with Gasteiger partial charge in [-0.2, -0.15) is 0 Å². The Bertz CT molecular complexity index is 997. The minimum atomic E-state index is -0.960. The number of carboxylic acids is 1. The molecule has 28 heavy (non-hydrogen) atoms. The van der Waals surface area contributed by atoms with Gasteiger partial charge in [0.05, 0.1) is 5.56 Å². The summed E-state index contributed by atoms with van der Waals surface area (Å²) in [5.41, 5.74) is 4.18. The van der Waals surface area contributed by atoms with Gasteiger partial charge in [-0.25, -0.2) is 9.18 Å². The highest BCUT2D eigenvalue weighted by molar-refractivity contribution is 6.30. The van der Waals surface area contributed by atoms with Gasteiger partial charge in [0.1, 0.15) is 5.82 Å². The minimum absolute atomic E-state index is 0.276. The Morgan fingerprint density at radius 2 is 1.75 bits per heavy atom. The fourth-order valence-electron chi connectivity index (χ4n) is 3.42. The molecule has 0 unspecified atom stereocenters. The molecule has 3 rings (SSSR count). The summed E-state index contributed by atoms with van der Waals surface area (Å²) in [4.78, 5) is 11.9. The molecule has 1 heterocycles. The highest BCUT2D eigenvalue weighted by Gasteiger charge is 2.22. The lowest BCUT2D eigenvalue weighted by Crippen LogP contribution is -2.16. The van der Waals surface area contributed by atoms with E-state index in [4.69, 9.17) is 11.6 Å². The number of aromatic carboxylic acids is 1. The summed E-state index contributed by atoms with van der Waals surface area (Å²) >= 11 is 5.95. The highest BCUT2D eigenvalue weighted by Crippen LogP contribution is 2.24. The lowest BCUT2D eigenvalue weighted by Gasteiger charge is -2.11. The lowest BCUT2D eigenvalue weighted by atomic mass is 10.1. The van der Waals surface area contributed by atoms with E-state index in [9.17, 15) is 14.3 Å². The number of benzene rings is 2. The zero-order valence-corrected chi connectivity index (χ0v) is 16.6. The Balaban J connectivity index is 1.84. The Hall–Kier alpha value is -2.63. The van der Waals surface area contributed by atoms with E-state index in [0.717, 1.165) is 16.8 Å². The Labute approximate surface area is 168 Å². The summed E-state index contributed by atoms with van der Waals surface area (Å²) in [5.74, 6) is -1.24. The number of rotatable bonds is 7. The first-order valence-corrected chi connectivity index (χ1v) is 9.36. The third kappa shape index (κ3) is 4.26. The van der Waals surface area contributed by atoms with Crippen molar-refractivity contribution >= 4 is 17.6 Å². The van der Waals surface area contributed by atoms with E-state index >= 15 is 0 Å². The Kier molecular flexibility index (Phi) is 6.17. The van der Waals surface area contributed by atoms with Gasteiger partial charge in [-0.05, 0) is 37.6 Å². The van der Waals surface area contributed by atoms with Gasteiger partial charge in [-0.3, -0.25) is 0 Å². The van der Waals surface area contributed by atoms with Crippen LogP contribution in [0.3, 0.4) is 0 Å². The van der Waals surface area contributed by atoms with Crippen LogP contribution in [-0.2, 0) is 19.6 Å². The Morgan fingerprint density at radius 1 is 1.07 bits per heavy atom. The molecule has 146 valence electrons. The van der Waals surface area contributed by atoms with Crippen LogP contribution in [-0.4, -0.2) is 15.6 Å². The quantitative estimate of drug-likeness (QED) is 0.591. The second-order valence-corrected chi connectivity index (χ2v) is 7.17. The largest absolute Gasteiger partial charge is 0.478 e. The molecule has 0 amide bonds. The van der Waals surface area contributed by atoms with Gasteiger partial charge in [-0.1, -0.05) is 41.9 Å². The average molecular weight is 401 g/mol. The van der Waals surface area contributed by atoms with Crippen molar-refractivity contribution in [2.45, 2.75) is 33.5 Å². The summed E-state index contributed by atoms with van der Waals surface area (Å²) in [6, 6.07) is 14.0. The SMILES string of the molecule is Cc1c(CNCc2ccccc2F)c(C(=O)O)c(C)n1Cc1ccc(Cl)cc1. The van der Waals surface area contributed by atoms with Crippen LogP contribution < -0.4 is 5.32 Å². The first kappa shape index (κ1) is 20.1. The van der Waals surface area contributed by atoms with Gasteiger partial charge >= 0.3 is 5.97 Å². The van der Waals surface area contributed by atoms with Crippen molar-refractivity contribution in [2.75, 3.05) is 0 Å². The van der Waals surface area contributed by atoms with Crippen molar-refractivity contribution in [3.63, 3.8) is 0 Å². The number of nitrogens with zero attached hydrogens (tertiary/aromatic N) is 1. The zero-order chi connectivity index (χ0) is 20.3. The van der Waals surface area contributed by atoms with E-state index in [0.29, 0.717) is 41.5 Å². The summed E-state index contributed by atoms with van der Waals surface area (Å²) < 4.78 is 15.8. The molecule has 3 aromatic rings. The van der Waals surface area contributed by atoms with Gasteiger partial charge in [0.25, 0.3) is 0 Å². The van der Waals surface area contributed by atoms with Crippen LogP contribution in [0.15, 0.2) is 48.5 Å². The van der Waals surface area contributed by atoms with Crippen molar-refractivity contribution in [2.24, 2.45) is 0 Å². The van der Waals surface area contributed by atoms with E-state index in [1.807, 2.05) is 42.7 Å². The number of hydrogen-bond acceptors (Lipinski definition) is 2. The second kappa shape index (κ2) is 8.59. The molecule has 0 spiro atoms. The van der Waals surface area contributed by atoms with E-state index in [1.165, 1.54) is 6.07 Å². The second-order valence-electron chi connectivity index (χ2n) is 6.74. The van der Waals surface area contributed by atoms with E-state index in [-0.39, 0.29) is 5.82 Å². The molecule has 6 heteroatoms. The van der Waals surface area contributed by atoms with Crippen LogP contribution in [0.1, 0.15) is 38.4 Å². The van der Waals surface area contributed by atoms with Gasteiger partial charge in [0.2, 0.25) is 0 Å². The van der Waals surface area contributed by atoms with Crippen molar-refractivity contribution in [3.8, 4) is 0 Å². The highest BCUT2D eigenvalue weighted by atomic mass is 35.5. The first-order valence-electron chi connectivity index (χ1n) is 8.99. The van der Waals surface area contributed by atoms with Crippen molar-refractivity contribution < 1.29 is 14.3 Å². The molecule has 0 atom stereocenters. The zero-order valence-electron chi connectivity index (χ0n) is 15.8. The molecule has 0 aliphatic heterocycles. The van der Waals surface area contributed by atoms with Gasteiger partial charge < -0.3 is 15.0 Å². The molecule has 0 saturated heterocycles. The predicted molar refractivity (Wildman–Crippen MR) is 108 cm³/mol. The van der Waals surface area contributed by atoms with Crippen molar-refractivity contribution in [1.29, 1.82) is 0 Å². The number of carbonyl (C=O) groups is 1. The number of aromatic nitrogens is 1. The predicted octanol–water partition coefficient (Wildman–Crippen LogP) is 4.93. The number of hydrogen-bond donors (Lipinski definition) is 2. The van der Waals surface area contributed by atoms with Crippen molar-refractivity contribution in [1.82, 2.24) is 9.88 Å². The molecule has 4 nitrogen and oxygen atoms in total. The maximum Gasteiger partial charge on any atom is 0.337 e. The van der Waals surface area contributed by atoms with Crippen LogP contribution >= 0.6 is 11.6 Å². The van der Waals surface area contributed by atoms with Gasteiger partial charge in [0, 0.05) is 47.2 Å². The van der Waals surface area contributed by atoms with Gasteiger partial charge in [-0.15, -0.1) is 0 Å². The van der Waals surface area contributed by atoms with Crippen LogP contribution in [0.4, 0.5) is 4.39 Å². The summed E-state index contributed by atoms with van der Waals surface area (Å²) in [6.45, 7) is 4.95. The molecule has 0 saturated carbocycles. The maximum atomic E-state index is 13.8. The molecular weight excluding hydrogens is 379 g/mol. The maximum absolute atomic E-state index is 13.8. The molecule has 2 N–H and O–H groups in total. The van der Waals surface area contributed by atoms with Crippen LogP contribution in [0.2, 0.25) is 5.02 Å². The third-order valence-electron chi connectivity index (χ3n) is 4.95. The number of halogens is 2. The molecule has 1 aromatic heterocycles. The van der Waals surface area contributed by atoms with E-state index in [2.05, 4.69) is 5.32 Å². The third-order valence-corrected chi connectivity index (χ3v) is 5.20. The summed E-state index contributed by atoms with van der Waals surface area (Å²) in [6.07, 6.45) is 0. The Morgan fingerprint density at radius 3 is 2.39 bits per heavy atom. The van der Waals surface area contributed by atoms with Crippen LogP contribution in [0, 0.1) is 19.7 Å². The smallest absolute Gasteiger partial charge is 0.337 e. The normalized spacial score (nSPS) is 11.0. The first-order chi connectivity index (χ1) is 13.4. The molecule has 0 aliphatic rings. The summed E-state index contributed by atoms with van der Waals surface area (Å²) in [7, 11) is 0. The monoisotopic (exact) mass is 400 g/mol. The van der Waals surface area contributed by atoms with E-state index < -0.39 is 5.97 Å². The summed E-state index contributed by atoms with van der Waals surface area (Å²) in [5, 5.41) is 13.6. The molecular formula is C22H22ClFN2O2. The average Bonchev–Trinajstić information content (AvgIpc) is 2.89. The molecule has 0 radical (unpaired) electrons. The van der Waals surface area contributed by atoms with Crippen molar-refractivity contribution in [3.05, 3.63) is 93.0 Å². The fourth-order valence-corrected chi connectivity index (χ4v) is 3.55. The standard InChI is InChI=1S/C22H22ClFN2O2/c1-14-19(12-25-11-17-5-3-4-6-20(17)24)21(22(27)28)15(2)26(14)13-16-7-9-18(23)10-8-16/h3-10,25H,11-13H2,1-2H3,(H,27,28). The minimum Gasteiger partial charge on any atom is -0.478 e. The number of nitrogens with one attached hydrogen (secondary N) is 1. The number of carboxylic acid groups (broad SMARTS) is 1.